The highest BCUT2D eigenvalue weighted by Gasteiger charge is 2.08. The Hall–Kier alpha value is -2.02. The van der Waals surface area contributed by atoms with Crippen molar-refractivity contribution in [2.24, 2.45) is 7.05 Å². The van der Waals surface area contributed by atoms with Crippen LogP contribution < -0.4 is 5.32 Å². The largest absolute Gasteiger partial charge is 0.340 e. The molecule has 0 radical (unpaired) electrons. The predicted molar refractivity (Wildman–Crippen MR) is 59.4 cm³/mol. The Morgan fingerprint density at radius 2 is 2.20 bits per heavy atom. The first kappa shape index (κ1) is 9.53. The van der Waals surface area contributed by atoms with Crippen molar-refractivity contribution in [2.75, 3.05) is 5.32 Å². The quantitative estimate of drug-likeness (QED) is 0.805. The number of rotatable bonds is 2. The van der Waals surface area contributed by atoms with Crippen LogP contribution in [0.3, 0.4) is 0 Å². The third kappa shape index (κ3) is 1.64. The third-order valence-electron chi connectivity index (χ3n) is 2.33. The molecule has 0 aliphatic rings. The van der Waals surface area contributed by atoms with E-state index in [1.54, 1.807) is 6.92 Å². The summed E-state index contributed by atoms with van der Waals surface area (Å²) in [5.41, 5.74) is 2.00. The van der Waals surface area contributed by atoms with Gasteiger partial charge in [-0.05, 0) is 19.1 Å². The van der Waals surface area contributed by atoms with E-state index in [0.29, 0.717) is 0 Å². The van der Waals surface area contributed by atoms with Gasteiger partial charge in [-0.3, -0.25) is 0 Å². The van der Waals surface area contributed by atoms with Crippen LogP contribution in [0.1, 0.15) is 6.92 Å². The van der Waals surface area contributed by atoms with Crippen molar-refractivity contribution in [1.29, 1.82) is 5.26 Å². The van der Waals surface area contributed by atoms with E-state index in [-0.39, 0.29) is 6.04 Å². The second-order valence-corrected chi connectivity index (χ2v) is 3.48. The lowest BCUT2D eigenvalue weighted by atomic mass is 10.3. The van der Waals surface area contributed by atoms with Gasteiger partial charge in [0.25, 0.3) is 0 Å². The molecule has 1 aromatic carbocycles. The smallest absolute Gasteiger partial charge is 0.204 e. The molecule has 15 heavy (non-hydrogen) atoms. The highest BCUT2D eigenvalue weighted by Crippen LogP contribution is 2.17. The van der Waals surface area contributed by atoms with Crippen LogP contribution in [-0.4, -0.2) is 15.6 Å². The van der Waals surface area contributed by atoms with Crippen molar-refractivity contribution < 1.29 is 0 Å². The van der Waals surface area contributed by atoms with Crippen LogP contribution in [0.25, 0.3) is 11.0 Å². The molecule has 1 N–H and O–H groups in total. The number of para-hydroxylation sites is 2. The summed E-state index contributed by atoms with van der Waals surface area (Å²) in [5.74, 6) is 0.727. The maximum atomic E-state index is 8.71. The van der Waals surface area contributed by atoms with Gasteiger partial charge >= 0.3 is 0 Å². The fraction of sp³-hybridized carbons (Fsp3) is 0.273. The molecular formula is C11H12N4. The molecule has 0 fully saturated rings. The first-order valence-corrected chi connectivity index (χ1v) is 4.80. The van der Waals surface area contributed by atoms with Crippen molar-refractivity contribution in [3.05, 3.63) is 24.3 Å². The Bertz CT molecular complexity index is 521. The van der Waals surface area contributed by atoms with E-state index in [0.717, 1.165) is 17.0 Å². The average Bonchev–Trinajstić information content (AvgIpc) is 2.57. The van der Waals surface area contributed by atoms with Gasteiger partial charge in [-0.2, -0.15) is 5.26 Å². The second-order valence-electron chi connectivity index (χ2n) is 3.48. The molecule has 0 aliphatic heterocycles. The van der Waals surface area contributed by atoms with E-state index >= 15 is 0 Å². The minimum Gasteiger partial charge on any atom is -0.340 e. The summed E-state index contributed by atoms with van der Waals surface area (Å²) in [6.45, 7) is 1.80. The summed E-state index contributed by atoms with van der Waals surface area (Å²) in [6, 6.07) is 9.77. The van der Waals surface area contributed by atoms with Crippen LogP contribution >= 0.6 is 0 Å². The van der Waals surface area contributed by atoms with Crippen LogP contribution in [0.2, 0.25) is 0 Å². The van der Waals surface area contributed by atoms with Crippen LogP contribution in [0.5, 0.6) is 0 Å². The van der Waals surface area contributed by atoms with Crippen LogP contribution in [0.15, 0.2) is 24.3 Å². The SMILES string of the molecule is CC(C#N)Nc1nc2ccccc2n1C. The minimum atomic E-state index is -0.236. The monoisotopic (exact) mass is 200 g/mol. The van der Waals surface area contributed by atoms with Crippen LogP contribution in [0.4, 0.5) is 5.95 Å². The maximum Gasteiger partial charge on any atom is 0.204 e. The van der Waals surface area contributed by atoms with Gasteiger partial charge in [0.15, 0.2) is 0 Å². The van der Waals surface area contributed by atoms with Gasteiger partial charge in [-0.1, -0.05) is 12.1 Å². The summed E-state index contributed by atoms with van der Waals surface area (Å²) in [6.07, 6.45) is 0. The Kier molecular flexibility index (Phi) is 2.30. The van der Waals surface area contributed by atoms with E-state index in [1.165, 1.54) is 0 Å². The molecule has 0 saturated heterocycles. The van der Waals surface area contributed by atoms with E-state index in [2.05, 4.69) is 16.4 Å². The topological polar surface area (TPSA) is 53.6 Å². The summed E-state index contributed by atoms with van der Waals surface area (Å²) in [7, 11) is 1.93. The molecule has 76 valence electrons. The summed E-state index contributed by atoms with van der Waals surface area (Å²) < 4.78 is 1.95. The molecule has 1 aromatic heterocycles. The number of benzene rings is 1. The van der Waals surface area contributed by atoms with Gasteiger partial charge in [0.2, 0.25) is 5.95 Å². The van der Waals surface area contributed by atoms with Gasteiger partial charge in [0.1, 0.15) is 6.04 Å². The zero-order valence-corrected chi connectivity index (χ0v) is 8.73. The minimum absolute atomic E-state index is 0.236. The molecule has 0 saturated carbocycles. The highest BCUT2D eigenvalue weighted by molar-refractivity contribution is 5.78. The number of hydrogen-bond donors (Lipinski definition) is 1. The van der Waals surface area contributed by atoms with Crippen molar-refractivity contribution in [1.82, 2.24) is 9.55 Å². The molecule has 2 aromatic rings. The standard InChI is InChI=1S/C11H12N4/c1-8(7-12)13-11-14-9-5-3-4-6-10(9)15(11)2/h3-6,8H,1-2H3,(H,13,14). The fourth-order valence-electron chi connectivity index (χ4n) is 1.50. The fourth-order valence-corrected chi connectivity index (χ4v) is 1.50. The molecular weight excluding hydrogens is 188 g/mol. The number of hydrogen-bond acceptors (Lipinski definition) is 3. The van der Waals surface area contributed by atoms with E-state index < -0.39 is 0 Å². The molecule has 2 rings (SSSR count). The lowest BCUT2D eigenvalue weighted by Gasteiger charge is -2.06. The lowest BCUT2D eigenvalue weighted by Crippen LogP contribution is -2.15. The van der Waals surface area contributed by atoms with Gasteiger partial charge in [0.05, 0.1) is 17.1 Å². The van der Waals surface area contributed by atoms with Gasteiger partial charge in [-0.25, -0.2) is 4.98 Å². The number of anilines is 1. The first-order valence-electron chi connectivity index (χ1n) is 4.80. The lowest BCUT2D eigenvalue weighted by molar-refractivity contribution is 0.897. The number of nitrogens with zero attached hydrogens (tertiary/aromatic N) is 3. The van der Waals surface area contributed by atoms with Crippen LogP contribution in [-0.2, 0) is 7.05 Å². The van der Waals surface area contributed by atoms with Crippen molar-refractivity contribution in [2.45, 2.75) is 13.0 Å². The molecule has 1 unspecified atom stereocenters. The van der Waals surface area contributed by atoms with Crippen molar-refractivity contribution in [3.63, 3.8) is 0 Å². The maximum absolute atomic E-state index is 8.71. The molecule has 4 nitrogen and oxygen atoms in total. The Morgan fingerprint density at radius 1 is 1.47 bits per heavy atom. The number of imidazole rings is 1. The number of aryl methyl sites for hydroxylation is 1. The molecule has 1 heterocycles. The third-order valence-corrected chi connectivity index (χ3v) is 2.33. The second kappa shape index (κ2) is 3.62. The van der Waals surface area contributed by atoms with Gasteiger partial charge in [0, 0.05) is 7.05 Å². The van der Waals surface area contributed by atoms with E-state index in [4.69, 9.17) is 5.26 Å². The van der Waals surface area contributed by atoms with Crippen molar-refractivity contribution in [3.8, 4) is 6.07 Å². The predicted octanol–water partition coefficient (Wildman–Crippen LogP) is 1.90. The molecule has 0 bridgehead atoms. The zero-order chi connectivity index (χ0) is 10.8. The number of nitrogens with one attached hydrogen (secondary N) is 1. The molecule has 0 amide bonds. The van der Waals surface area contributed by atoms with E-state index in [9.17, 15) is 0 Å². The molecule has 0 spiro atoms. The Labute approximate surface area is 88.2 Å². The number of aromatic nitrogens is 2. The van der Waals surface area contributed by atoms with Gasteiger partial charge in [-0.15, -0.1) is 0 Å². The number of nitriles is 1. The first-order chi connectivity index (χ1) is 7.22. The number of fused-ring (bicyclic) bond motifs is 1. The zero-order valence-electron chi connectivity index (χ0n) is 8.73. The molecule has 4 heteroatoms. The summed E-state index contributed by atoms with van der Waals surface area (Å²) in [5, 5.41) is 11.8. The highest BCUT2D eigenvalue weighted by atomic mass is 15.2. The van der Waals surface area contributed by atoms with E-state index in [1.807, 2.05) is 35.9 Å². The molecule has 0 aliphatic carbocycles. The van der Waals surface area contributed by atoms with Crippen LogP contribution in [0, 0.1) is 11.3 Å². The Balaban J connectivity index is 2.45. The molecule has 1 atom stereocenters. The normalized spacial score (nSPS) is 12.3. The average molecular weight is 200 g/mol. The van der Waals surface area contributed by atoms with Crippen molar-refractivity contribution >= 4 is 17.0 Å². The Morgan fingerprint density at radius 3 is 2.87 bits per heavy atom. The summed E-state index contributed by atoms with van der Waals surface area (Å²) >= 11 is 0. The summed E-state index contributed by atoms with van der Waals surface area (Å²) in [4.78, 5) is 4.40. The van der Waals surface area contributed by atoms with Gasteiger partial charge < -0.3 is 9.88 Å².